The number of nitro benzene ring substituents is 1. The first-order valence-electron chi connectivity index (χ1n) is 6.13. The van der Waals surface area contributed by atoms with Crippen LogP contribution in [0.15, 0.2) is 17.0 Å². The van der Waals surface area contributed by atoms with Crippen molar-refractivity contribution < 1.29 is 18.1 Å². The Morgan fingerprint density at radius 1 is 1.43 bits per heavy atom. The van der Waals surface area contributed by atoms with Crippen molar-refractivity contribution in [2.75, 3.05) is 7.05 Å². The van der Waals surface area contributed by atoms with Gasteiger partial charge in [0.05, 0.1) is 9.82 Å². The maximum Gasteiger partial charge on any atom is 0.274 e. The average molecular weight is 333 g/mol. The molecule has 0 aromatic heterocycles. The quantitative estimate of drug-likeness (QED) is 0.477. The summed E-state index contributed by atoms with van der Waals surface area (Å²) >= 11 is 0. The zero-order valence-electron chi connectivity index (χ0n) is 11.4. The van der Waals surface area contributed by atoms with Gasteiger partial charge in [-0.25, -0.2) is 8.42 Å². The fraction of sp³-hybridized carbons (Fsp3) is 0.417. The van der Waals surface area contributed by atoms with E-state index >= 15 is 0 Å². The Hall–Kier alpha value is -1.67. The first-order valence-corrected chi connectivity index (χ1v) is 8.44. The normalized spacial score (nSPS) is 14.8. The van der Waals surface area contributed by atoms with Crippen LogP contribution in [0.5, 0.6) is 0 Å². The first-order chi connectivity index (χ1) is 9.62. The molecule has 7 nitrogen and oxygen atoms in total. The number of benzene rings is 1. The van der Waals surface area contributed by atoms with Gasteiger partial charge in [0.15, 0.2) is 0 Å². The molecule has 0 aliphatic heterocycles. The number of halogens is 1. The Balaban J connectivity index is 2.59. The van der Waals surface area contributed by atoms with Gasteiger partial charge in [-0.3, -0.25) is 14.9 Å². The SMILES string of the molecule is Cc1c([N+](=O)[O-])cc(C(=O)N(C)C2CC2)cc1S(=O)(=O)Cl. The topological polar surface area (TPSA) is 97.6 Å². The second-order valence-corrected chi connectivity index (χ2v) is 7.50. The minimum Gasteiger partial charge on any atom is -0.339 e. The number of hydrogen-bond acceptors (Lipinski definition) is 5. The van der Waals surface area contributed by atoms with Crippen molar-refractivity contribution in [3.63, 3.8) is 0 Å². The van der Waals surface area contributed by atoms with Gasteiger partial charge >= 0.3 is 0 Å². The predicted molar refractivity (Wildman–Crippen MR) is 76.0 cm³/mol. The van der Waals surface area contributed by atoms with Crippen molar-refractivity contribution in [3.8, 4) is 0 Å². The van der Waals surface area contributed by atoms with Crippen LogP contribution in [0.1, 0.15) is 28.8 Å². The summed E-state index contributed by atoms with van der Waals surface area (Å²) in [5, 5.41) is 11.0. The maximum atomic E-state index is 12.3. The minimum atomic E-state index is -4.18. The third-order valence-electron chi connectivity index (χ3n) is 3.45. The highest BCUT2D eigenvalue weighted by atomic mass is 35.7. The summed E-state index contributed by atoms with van der Waals surface area (Å²) in [6.45, 7) is 1.28. The Kier molecular flexibility index (Phi) is 3.94. The number of nitrogens with zero attached hydrogens (tertiary/aromatic N) is 2. The van der Waals surface area contributed by atoms with E-state index in [-0.39, 0.29) is 17.2 Å². The van der Waals surface area contributed by atoms with Crippen LogP contribution in [0, 0.1) is 17.0 Å². The highest BCUT2D eigenvalue weighted by Gasteiger charge is 2.32. The van der Waals surface area contributed by atoms with Crippen molar-refractivity contribution in [1.29, 1.82) is 0 Å². The molecule has 0 radical (unpaired) electrons. The van der Waals surface area contributed by atoms with E-state index in [4.69, 9.17) is 10.7 Å². The van der Waals surface area contributed by atoms with Crippen LogP contribution in [-0.2, 0) is 9.05 Å². The first kappa shape index (κ1) is 15.7. The molecule has 9 heteroatoms. The molecule has 1 amide bonds. The summed E-state index contributed by atoms with van der Waals surface area (Å²) in [5.41, 5.74) is -0.578. The monoisotopic (exact) mass is 332 g/mol. The van der Waals surface area contributed by atoms with E-state index in [1.165, 1.54) is 11.8 Å². The van der Waals surface area contributed by atoms with Crippen molar-refractivity contribution in [3.05, 3.63) is 33.4 Å². The lowest BCUT2D eigenvalue weighted by atomic mass is 10.1. The number of carbonyl (C=O) groups is 1. The molecule has 1 aromatic rings. The van der Waals surface area contributed by atoms with E-state index in [2.05, 4.69) is 0 Å². The highest BCUT2D eigenvalue weighted by molar-refractivity contribution is 8.13. The van der Waals surface area contributed by atoms with Gasteiger partial charge in [-0.1, -0.05) is 0 Å². The molecule has 0 bridgehead atoms. The largest absolute Gasteiger partial charge is 0.339 e. The van der Waals surface area contributed by atoms with E-state index < -0.39 is 30.5 Å². The van der Waals surface area contributed by atoms with Crippen LogP contribution in [0.3, 0.4) is 0 Å². The Morgan fingerprint density at radius 3 is 2.43 bits per heavy atom. The van der Waals surface area contributed by atoms with Gasteiger partial charge in [-0.15, -0.1) is 0 Å². The van der Waals surface area contributed by atoms with Gasteiger partial charge < -0.3 is 4.90 Å². The van der Waals surface area contributed by atoms with E-state index in [0.717, 1.165) is 25.0 Å². The number of amides is 1. The molecule has 0 saturated heterocycles. The molecule has 2 rings (SSSR count). The van der Waals surface area contributed by atoms with Gasteiger partial charge in [-0.05, 0) is 25.8 Å². The lowest BCUT2D eigenvalue weighted by Crippen LogP contribution is -2.29. The van der Waals surface area contributed by atoms with E-state index in [1.807, 2.05) is 0 Å². The van der Waals surface area contributed by atoms with Gasteiger partial charge in [0.25, 0.3) is 20.6 Å². The van der Waals surface area contributed by atoms with Crippen LogP contribution in [-0.4, -0.2) is 37.2 Å². The highest BCUT2D eigenvalue weighted by Crippen LogP contribution is 2.32. The Morgan fingerprint density at radius 2 is 2.00 bits per heavy atom. The molecule has 1 fully saturated rings. The Bertz CT molecular complexity index is 727. The third kappa shape index (κ3) is 3.16. The van der Waals surface area contributed by atoms with Crippen molar-refractivity contribution >= 4 is 31.3 Å². The lowest BCUT2D eigenvalue weighted by Gasteiger charge is -2.17. The zero-order valence-corrected chi connectivity index (χ0v) is 12.9. The molecule has 0 spiro atoms. The standard InChI is InChI=1S/C12H13ClN2O5S/c1-7-10(15(17)18)5-8(6-11(7)21(13,19)20)12(16)14(2)9-3-4-9/h5-6,9H,3-4H2,1-2H3. The molecular weight excluding hydrogens is 320 g/mol. The smallest absolute Gasteiger partial charge is 0.274 e. The molecule has 0 heterocycles. The van der Waals surface area contributed by atoms with Gasteiger partial charge in [0.2, 0.25) is 0 Å². The maximum absolute atomic E-state index is 12.3. The number of carbonyl (C=O) groups excluding carboxylic acids is 1. The predicted octanol–water partition coefficient (Wildman–Crippen LogP) is 2.07. The molecule has 1 aliphatic carbocycles. The fourth-order valence-electron chi connectivity index (χ4n) is 2.07. The van der Waals surface area contributed by atoms with Crippen LogP contribution in [0.4, 0.5) is 5.69 Å². The van der Waals surface area contributed by atoms with Crippen molar-refractivity contribution in [2.45, 2.75) is 30.7 Å². The molecule has 1 aromatic carbocycles. The summed E-state index contributed by atoms with van der Waals surface area (Å²) in [6.07, 6.45) is 1.74. The van der Waals surface area contributed by atoms with Crippen LogP contribution >= 0.6 is 10.7 Å². The zero-order chi connectivity index (χ0) is 15.9. The summed E-state index contributed by atoms with van der Waals surface area (Å²) in [6, 6.07) is 2.28. The molecule has 1 aliphatic rings. The molecule has 0 N–H and O–H groups in total. The molecule has 21 heavy (non-hydrogen) atoms. The third-order valence-corrected chi connectivity index (χ3v) is 4.90. The molecule has 0 atom stereocenters. The number of hydrogen-bond donors (Lipinski definition) is 0. The fourth-order valence-corrected chi connectivity index (χ4v) is 3.29. The number of nitro groups is 1. The van der Waals surface area contributed by atoms with E-state index in [9.17, 15) is 23.3 Å². The summed E-state index contributed by atoms with van der Waals surface area (Å²) in [5.74, 6) is -0.456. The van der Waals surface area contributed by atoms with E-state index in [0.29, 0.717) is 0 Å². The van der Waals surface area contributed by atoms with Crippen LogP contribution < -0.4 is 0 Å². The second-order valence-electron chi connectivity index (χ2n) is 4.96. The van der Waals surface area contributed by atoms with Crippen LogP contribution in [0.25, 0.3) is 0 Å². The number of rotatable bonds is 4. The Labute approximate surface area is 126 Å². The van der Waals surface area contributed by atoms with E-state index in [1.54, 1.807) is 7.05 Å². The lowest BCUT2D eigenvalue weighted by molar-refractivity contribution is -0.385. The van der Waals surface area contributed by atoms with Crippen molar-refractivity contribution in [2.24, 2.45) is 0 Å². The summed E-state index contributed by atoms with van der Waals surface area (Å²) in [4.78, 5) is 23.6. The summed E-state index contributed by atoms with van der Waals surface area (Å²) < 4.78 is 23.1. The molecule has 0 unspecified atom stereocenters. The van der Waals surface area contributed by atoms with Gasteiger partial charge in [-0.2, -0.15) is 0 Å². The molecule has 114 valence electrons. The second kappa shape index (κ2) is 5.27. The molecule has 1 saturated carbocycles. The minimum absolute atomic E-state index is 0.0547. The molecular formula is C12H13ClN2O5S. The van der Waals surface area contributed by atoms with Gasteiger partial charge in [0.1, 0.15) is 0 Å². The summed E-state index contributed by atoms with van der Waals surface area (Å²) in [7, 11) is 2.70. The van der Waals surface area contributed by atoms with Crippen molar-refractivity contribution in [1.82, 2.24) is 4.90 Å². The van der Waals surface area contributed by atoms with Crippen LogP contribution in [0.2, 0.25) is 0 Å². The van der Waals surface area contributed by atoms with Gasteiger partial charge in [0, 0.05) is 41.0 Å². The average Bonchev–Trinajstić information content (AvgIpc) is 3.19.